The number of carbonyl (C=O) groups excluding carboxylic acids is 1. The first-order valence-corrected chi connectivity index (χ1v) is 9.61. The van der Waals surface area contributed by atoms with Gasteiger partial charge in [0, 0.05) is 27.8 Å². The Bertz CT molecular complexity index is 1360. The Kier molecular flexibility index (Phi) is 4.64. The van der Waals surface area contributed by atoms with Gasteiger partial charge >= 0.3 is 0 Å². The summed E-state index contributed by atoms with van der Waals surface area (Å²) in [5.41, 5.74) is 4.63. The number of nitrogens with zero attached hydrogens (tertiary/aromatic N) is 3. The highest BCUT2D eigenvalue weighted by atomic mass is 16.5. The number of benzene rings is 3. The molecule has 31 heavy (non-hydrogen) atoms. The van der Waals surface area contributed by atoms with Gasteiger partial charge in [0.05, 0.1) is 18.3 Å². The Hall–Kier alpha value is -4.46. The molecule has 0 saturated heterocycles. The van der Waals surface area contributed by atoms with E-state index in [1.54, 1.807) is 37.4 Å². The molecule has 5 rings (SSSR count). The fourth-order valence-corrected chi connectivity index (χ4v) is 3.41. The highest BCUT2D eigenvalue weighted by Crippen LogP contribution is 2.30. The third-order valence-corrected chi connectivity index (χ3v) is 5.00. The monoisotopic (exact) mass is 410 g/mol. The number of aromatic amines is 2. The molecule has 2 heterocycles. The van der Waals surface area contributed by atoms with Crippen molar-refractivity contribution in [2.75, 3.05) is 12.4 Å². The Morgan fingerprint density at radius 2 is 1.84 bits per heavy atom. The van der Waals surface area contributed by atoms with Crippen molar-refractivity contribution in [1.82, 2.24) is 25.4 Å². The van der Waals surface area contributed by atoms with Crippen LogP contribution in [0.2, 0.25) is 0 Å². The number of hydrogen-bond acceptors (Lipinski definition) is 5. The molecule has 0 spiro atoms. The van der Waals surface area contributed by atoms with E-state index in [0.29, 0.717) is 17.1 Å². The maximum Gasteiger partial charge on any atom is 0.255 e. The van der Waals surface area contributed by atoms with Gasteiger partial charge < -0.3 is 10.1 Å². The second kappa shape index (κ2) is 7.75. The summed E-state index contributed by atoms with van der Waals surface area (Å²) in [6, 6.07) is 20.5. The van der Waals surface area contributed by atoms with Gasteiger partial charge in [-0.2, -0.15) is 10.2 Å². The summed E-state index contributed by atoms with van der Waals surface area (Å²) in [5, 5.41) is 18.1. The van der Waals surface area contributed by atoms with Crippen LogP contribution in [0.4, 0.5) is 5.69 Å². The number of hydrogen-bond donors (Lipinski definition) is 3. The predicted octanol–water partition coefficient (Wildman–Crippen LogP) is 4.28. The second-order valence-electron chi connectivity index (χ2n) is 6.93. The average molecular weight is 410 g/mol. The van der Waals surface area contributed by atoms with Crippen LogP contribution < -0.4 is 10.1 Å². The smallest absolute Gasteiger partial charge is 0.255 e. The molecule has 0 aliphatic rings. The zero-order valence-electron chi connectivity index (χ0n) is 16.6. The summed E-state index contributed by atoms with van der Waals surface area (Å²) < 4.78 is 5.15. The quantitative estimate of drug-likeness (QED) is 0.401. The second-order valence-corrected chi connectivity index (χ2v) is 6.93. The molecule has 0 aliphatic carbocycles. The van der Waals surface area contributed by atoms with E-state index in [-0.39, 0.29) is 5.91 Å². The molecule has 3 aromatic carbocycles. The number of methoxy groups -OCH3 is 1. The third-order valence-electron chi connectivity index (χ3n) is 5.00. The first-order valence-electron chi connectivity index (χ1n) is 9.61. The van der Waals surface area contributed by atoms with Gasteiger partial charge in [-0.3, -0.25) is 15.0 Å². The van der Waals surface area contributed by atoms with Crippen molar-refractivity contribution in [3.63, 3.8) is 0 Å². The largest absolute Gasteiger partial charge is 0.497 e. The molecule has 0 bridgehead atoms. The first-order chi connectivity index (χ1) is 15.2. The molecule has 152 valence electrons. The summed E-state index contributed by atoms with van der Waals surface area (Å²) in [6.45, 7) is 0. The van der Waals surface area contributed by atoms with Gasteiger partial charge in [-0.25, -0.2) is 4.98 Å². The van der Waals surface area contributed by atoms with Crippen LogP contribution in [0.3, 0.4) is 0 Å². The summed E-state index contributed by atoms with van der Waals surface area (Å²) in [4.78, 5) is 17.0. The van der Waals surface area contributed by atoms with E-state index in [4.69, 9.17) is 4.74 Å². The van der Waals surface area contributed by atoms with Crippen molar-refractivity contribution in [2.24, 2.45) is 0 Å². The Labute approximate surface area is 177 Å². The predicted molar refractivity (Wildman–Crippen MR) is 118 cm³/mol. The van der Waals surface area contributed by atoms with Crippen LogP contribution >= 0.6 is 0 Å². The Morgan fingerprint density at radius 1 is 0.968 bits per heavy atom. The van der Waals surface area contributed by atoms with Crippen LogP contribution in [0.1, 0.15) is 10.4 Å². The number of carbonyl (C=O) groups is 1. The topological polar surface area (TPSA) is 109 Å². The fourth-order valence-electron chi connectivity index (χ4n) is 3.41. The summed E-state index contributed by atoms with van der Waals surface area (Å²) in [5.74, 6) is 1.21. The summed E-state index contributed by atoms with van der Waals surface area (Å²) >= 11 is 0. The lowest BCUT2D eigenvalue weighted by atomic mass is 10.0. The van der Waals surface area contributed by atoms with Crippen LogP contribution in [-0.2, 0) is 0 Å². The zero-order valence-corrected chi connectivity index (χ0v) is 16.6. The molecule has 0 aliphatic heterocycles. The maximum absolute atomic E-state index is 12.8. The van der Waals surface area contributed by atoms with E-state index in [2.05, 4.69) is 30.7 Å². The molecule has 0 unspecified atom stereocenters. The van der Waals surface area contributed by atoms with Gasteiger partial charge in [0.1, 0.15) is 12.1 Å². The van der Waals surface area contributed by atoms with E-state index in [1.807, 2.05) is 36.4 Å². The van der Waals surface area contributed by atoms with E-state index in [1.165, 1.54) is 6.33 Å². The number of H-pyrrole nitrogens is 2. The van der Waals surface area contributed by atoms with Crippen LogP contribution in [0.5, 0.6) is 5.75 Å². The zero-order chi connectivity index (χ0) is 21.2. The number of nitrogens with one attached hydrogen (secondary N) is 3. The number of amides is 1. The summed E-state index contributed by atoms with van der Waals surface area (Å²) in [6.07, 6.45) is 1.47. The van der Waals surface area contributed by atoms with Gasteiger partial charge in [-0.15, -0.1) is 0 Å². The molecule has 8 heteroatoms. The number of aromatic nitrogens is 5. The first kappa shape index (κ1) is 18.6. The number of anilines is 1. The van der Waals surface area contributed by atoms with E-state index in [9.17, 15) is 4.79 Å². The van der Waals surface area contributed by atoms with Crippen molar-refractivity contribution in [1.29, 1.82) is 0 Å². The van der Waals surface area contributed by atoms with Crippen molar-refractivity contribution < 1.29 is 9.53 Å². The van der Waals surface area contributed by atoms with E-state index >= 15 is 0 Å². The van der Waals surface area contributed by atoms with Crippen molar-refractivity contribution >= 4 is 22.5 Å². The Balaban J connectivity index is 1.46. The van der Waals surface area contributed by atoms with E-state index < -0.39 is 0 Å². The van der Waals surface area contributed by atoms with Crippen molar-refractivity contribution in [3.8, 4) is 28.4 Å². The van der Waals surface area contributed by atoms with Crippen molar-refractivity contribution in [3.05, 3.63) is 78.6 Å². The third kappa shape index (κ3) is 3.62. The molecule has 0 fully saturated rings. The minimum atomic E-state index is -0.200. The van der Waals surface area contributed by atoms with Crippen molar-refractivity contribution in [2.45, 2.75) is 0 Å². The van der Waals surface area contributed by atoms with Crippen LogP contribution in [0, 0.1) is 0 Å². The molecule has 8 nitrogen and oxygen atoms in total. The standard InChI is InChI=1S/C23H18N6O2/c1-31-18-8-6-17(7-9-18)26-23(30)16-4-2-3-14(11-16)21-19-12-15(22-24-13-25-29-22)5-10-20(19)27-28-21/h2-13H,1H3,(H,26,30)(H,27,28)(H,24,25,29). The Morgan fingerprint density at radius 3 is 2.61 bits per heavy atom. The van der Waals surface area contributed by atoms with E-state index in [0.717, 1.165) is 33.5 Å². The number of rotatable bonds is 5. The molecule has 3 N–H and O–H groups in total. The maximum atomic E-state index is 12.8. The highest BCUT2D eigenvalue weighted by molar-refractivity contribution is 6.05. The molecule has 1 amide bonds. The molecule has 0 saturated carbocycles. The lowest BCUT2D eigenvalue weighted by Gasteiger charge is -2.07. The molecule has 0 atom stereocenters. The normalized spacial score (nSPS) is 10.9. The lowest BCUT2D eigenvalue weighted by Crippen LogP contribution is -2.11. The minimum absolute atomic E-state index is 0.200. The fraction of sp³-hybridized carbons (Fsp3) is 0.0435. The van der Waals surface area contributed by atoms with Crippen LogP contribution in [0.15, 0.2) is 73.1 Å². The highest BCUT2D eigenvalue weighted by Gasteiger charge is 2.13. The SMILES string of the molecule is COc1ccc(NC(=O)c2cccc(-c3n[nH]c4ccc(-c5ncn[nH]5)cc34)c2)cc1. The van der Waals surface area contributed by atoms with Gasteiger partial charge in [0.15, 0.2) is 5.82 Å². The van der Waals surface area contributed by atoms with Crippen LogP contribution in [0.25, 0.3) is 33.5 Å². The number of fused-ring (bicyclic) bond motifs is 1. The van der Waals surface area contributed by atoms with Crippen LogP contribution in [-0.4, -0.2) is 38.4 Å². The number of ether oxygens (including phenoxy) is 1. The molecular formula is C23H18N6O2. The molecule has 2 aromatic heterocycles. The minimum Gasteiger partial charge on any atom is -0.497 e. The lowest BCUT2D eigenvalue weighted by molar-refractivity contribution is 0.102. The summed E-state index contributed by atoms with van der Waals surface area (Å²) in [7, 11) is 1.60. The average Bonchev–Trinajstić information content (AvgIpc) is 3.49. The van der Waals surface area contributed by atoms with Gasteiger partial charge in [0.2, 0.25) is 0 Å². The van der Waals surface area contributed by atoms with Gasteiger partial charge in [-0.05, 0) is 54.6 Å². The molecular weight excluding hydrogens is 392 g/mol. The molecule has 5 aromatic rings. The molecule has 0 radical (unpaired) electrons. The van der Waals surface area contributed by atoms with Gasteiger partial charge in [-0.1, -0.05) is 12.1 Å². The van der Waals surface area contributed by atoms with Gasteiger partial charge in [0.25, 0.3) is 5.91 Å².